The molecule has 2 amide bonds. The first-order valence-electron chi connectivity index (χ1n) is 8.32. The molecule has 1 N–H and O–H groups in total. The molecule has 2 aromatic carbocycles. The van der Waals surface area contributed by atoms with E-state index in [0.29, 0.717) is 6.54 Å². The molecule has 1 aliphatic heterocycles. The zero-order valence-electron chi connectivity index (χ0n) is 14.4. The van der Waals surface area contributed by atoms with Crippen LogP contribution < -0.4 is 5.32 Å². The van der Waals surface area contributed by atoms with Crippen LogP contribution >= 0.6 is 0 Å². The van der Waals surface area contributed by atoms with Gasteiger partial charge in [0.05, 0.1) is 6.04 Å². The van der Waals surface area contributed by atoms with E-state index in [4.69, 9.17) is 4.74 Å². The molecule has 0 bridgehead atoms. The Morgan fingerprint density at radius 3 is 2.68 bits per heavy atom. The van der Waals surface area contributed by atoms with Gasteiger partial charge in [-0.05, 0) is 18.1 Å². The van der Waals surface area contributed by atoms with E-state index in [1.165, 1.54) is 0 Å². The van der Waals surface area contributed by atoms with E-state index in [2.05, 4.69) is 5.32 Å². The largest absolute Gasteiger partial charge is 0.356 e. The Morgan fingerprint density at radius 2 is 1.96 bits per heavy atom. The minimum Gasteiger partial charge on any atom is -0.356 e. The van der Waals surface area contributed by atoms with Crippen molar-refractivity contribution in [1.29, 1.82) is 0 Å². The Bertz CT molecular complexity index is 761. The Labute approximate surface area is 147 Å². The van der Waals surface area contributed by atoms with Gasteiger partial charge in [-0.3, -0.25) is 9.59 Å². The molecule has 0 unspecified atom stereocenters. The fraction of sp³-hybridized carbons (Fsp3) is 0.300. The summed E-state index contributed by atoms with van der Waals surface area (Å²) in [4.78, 5) is 26.3. The smallest absolute Gasteiger partial charge is 0.251 e. The molecule has 0 radical (unpaired) electrons. The molecule has 1 aliphatic rings. The molecule has 3 rings (SSSR count). The number of likely N-dealkylation sites (N-methyl/N-ethyl adjacent to an activating group) is 1. The van der Waals surface area contributed by atoms with E-state index >= 15 is 0 Å². The third kappa shape index (κ3) is 3.88. The summed E-state index contributed by atoms with van der Waals surface area (Å²) >= 11 is 0. The van der Waals surface area contributed by atoms with Crippen LogP contribution in [-0.4, -0.2) is 36.5 Å². The summed E-state index contributed by atoms with van der Waals surface area (Å²) in [6, 6.07) is 17.1. The van der Waals surface area contributed by atoms with Crippen LogP contribution in [0.2, 0.25) is 0 Å². The van der Waals surface area contributed by atoms with Crippen molar-refractivity contribution in [2.45, 2.75) is 25.6 Å². The minimum absolute atomic E-state index is 0.0810. The highest BCUT2D eigenvalue weighted by atomic mass is 16.5. The first kappa shape index (κ1) is 17.2. The average molecular weight is 338 g/mol. The van der Waals surface area contributed by atoms with Gasteiger partial charge >= 0.3 is 0 Å². The number of carbonyl (C=O) groups excluding carboxylic acids is 2. The summed E-state index contributed by atoms with van der Waals surface area (Å²) in [6.45, 7) is 2.36. The van der Waals surface area contributed by atoms with Crippen molar-refractivity contribution in [2.24, 2.45) is 0 Å². The van der Waals surface area contributed by atoms with Crippen LogP contribution in [0.5, 0.6) is 0 Å². The molecule has 1 heterocycles. The molecule has 2 atom stereocenters. The molecule has 1 saturated heterocycles. The second kappa shape index (κ2) is 7.49. The maximum Gasteiger partial charge on any atom is 0.251 e. The van der Waals surface area contributed by atoms with Crippen molar-refractivity contribution in [2.75, 3.05) is 13.7 Å². The van der Waals surface area contributed by atoms with Crippen molar-refractivity contribution in [1.82, 2.24) is 10.2 Å². The van der Waals surface area contributed by atoms with Crippen LogP contribution in [0.1, 0.15) is 22.7 Å². The van der Waals surface area contributed by atoms with Gasteiger partial charge in [-0.25, -0.2) is 0 Å². The summed E-state index contributed by atoms with van der Waals surface area (Å²) < 4.78 is 5.60. The standard InChI is InChI=1S/C20H22N2O3/c1-14-7-6-8-15(11-14)12-21-20(24)19-18(16-9-4-3-5-10-16)22(2)17(23)13-25-19/h3-11,18-19H,12-13H2,1-2H3,(H,21,24)/t18-,19-/m1/s1. The normalized spacial score (nSPS) is 20.4. The number of morpholine rings is 1. The highest BCUT2D eigenvalue weighted by molar-refractivity contribution is 5.86. The van der Waals surface area contributed by atoms with E-state index in [-0.39, 0.29) is 18.4 Å². The number of amides is 2. The lowest BCUT2D eigenvalue weighted by Crippen LogP contribution is -2.52. The SMILES string of the molecule is Cc1cccc(CNC(=O)[C@@H]2OCC(=O)N(C)[C@@H]2c2ccccc2)c1. The van der Waals surface area contributed by atoms with Gasteiger partial charge < -0.3 is 15.0 Å². The lowest BCUT2D eigenvalue weighted by atomic mass is 9.97. The van der Waals surface area contributed by atoms with Crippen LogP contribution in [0, 0.1) is 6.92 Å². The molecule has 2 aromatic rings. The summed E-state index contributed by atoms with van der Waals surface area (Å²) in [6.07, 6.45) is -0.727. The fourth-order valence-corrected chi connectivity index (χ4v) is 3.09. The van der Waals surface area contributed by atoms with E-state index in [1.807, 2.05) is 61.5 Å². The zero-order valence-corrected chi connectivity index (χ0v) is 14.4. The van der Waals surface area contributed by atoms with Crippen molar-refractivity contribution in [3.63, 3.8) is 0 Å². The first-order chi connectivity index (χ1) is 12.1. The van der Waals surface area contributed by atoms with Crippen LogP contribution in [0.4, 0.5) is 0 Å². The Hall–Kier alpha value is -2.66. The number of hydrogen-bond acceptors (Lipinski definition) is 3. The summed E-state index contributed by atoms with van der Waals surface area (Å²) in [5.41, 5.74) is 3.06. The number of carbonyl (C=O) groups is 2. The molecular formula is C20H22N2O3. The number of nitrogens with one attached hydrogen (secondary N) is 1. The Kier molecular flexibility index (Phi) is 5.14. The van der Waals surface area contributed by atoms with Crippen LogP contribution in [0.25, 0.3) is 0 Å². The van der Waals surface area contributed by atoms with Gasteiger partial charge in [0, 0.05) is 13.6 Å². The second-order valence-corrected chi connectivity index (χ2v) is 6.30. The van der Waals surface area contributed by atoms with Crippen molar-refractivity contribution in [3.8, 4) is 0 Å². The predicted octanol–water partition coefficient (Wildman–Crippen LogP) is 2.21. The van der Waals surface area contributed by atoms with Gasteiger partial charge in [-0.1, -0.05) is 60.2 Å². The van der Waals surface area contributed by atoms with E-state index in [1.54, 1.807) is 11.9 Å². The number of nitrogens with zero attached hydrogens (tertiary/aromatic N) is 1. The lowest BCUT2D eigenvalue weighted by molar-refractivity contribution is -0.162. The van der Waals surface area contributed by atoms with E-state index in [0.717, 1.165) is 16.7 Å². The number of aryl methyl sites for hydroxylation is 1. The number of rotatable bonds is 4. The summed E-state index contributed by atoms with van der Waals surface area (Å²) in [5, 5.41) is 2.93. The van der Waals surface area contributed by atoms with E-state index < -0.39 is 12.1 Å². The van der Waals surface area contributed by atoms with Gasteiger partial charge in [0.15, 0.2) is 6.10 Å². The Balaban J connectivity index is 1.76. The second-order valence-electron chi connectivity index (χ2n) is 6.30. The maximum atomic E-state index is 12.7. The van der Waals surface area contributed by atoms with E-state index in [9.17, 15) is 9.59 Å². The molecule has 5 nitrogen and oxygen atoms in total. The molecule has 0 aromatic heterocycles. The van der Waals surface area contributed by atoms with Crippen LogP contribution in [0.3, 0.4) is 0 Å². The third-order valence-corrected chi connectivity index (χ3v) is 4.43. The number of benzene rings is 2. The maximum absolute atomic E-state index is 12.7. The lowest BCUT2D eigenvalue weighted by Gasteiger charge is -2.38. The fourth-order valence-electron chi connectivity index (χ4n) is 3.09. The minimum atomic E-state index is -0.727. The van der Waals surface area contributed by atoms with Crippen LogP contribution in [-0.2, 0) is 20.9 Å². The number of hydrogen-bond donors (Lipinski definition) is 1. The van der Waals surface area contributed by atoms with Crippen molar-refractivity contribution in [3.05, 3.63) is 71.3 Å². The molecule has 0 spiro atoms. The highest BCUT2D eigenvalue weighted by Crippen LogP contribution is 2.29. The number of ether oxygens (including phenoxy) is 1. The molecule has 5 heteroatoms. The topological polar surface area (TPSA) is 58.6 Å². The van der Waals surface area contributed by atoms with Crippen molar-refractivity contribution >= 4 is 11.8 Å². The van der Waals surface area contributed by atoms with Crippen LogP contribution in [0.15, 0.2) is 54.6 Å². The van der Waals surface area contributed by atoms with Gasteiger partial charge in [0.25, 0.3) is 5.91 Å². The summed E-state index contributed by atoms with van der Waals surface area (Å²) in [7, 11) is 1.71. The molecule has 130 valence electrons. The predicted molar refractivity (Wildman–Crippen MR) is 94.7 cm³/mol. The average Bonchev–Trinajstić information content (AvgIpc) is 2.62. The molecular weight excluding hydrogens is 316 g/mol. The zero-order chi connectivity index (χ0) is 17.8. The molecule has 1 fully saturated rings. The van der Waals surface area contributed by atoms with Gasteiger partial charge in [0.2, 0.25) is 5.91 Å². The Morgan fingerprint density at radius 1 is 1.20 bits per heavy atom. The van der Waals surface area contributed by atoms with Crippen molar-refractivity contribution < 1.29 is 14.3 Å². The summed E-state index contributed by atoms with van der Waals surface area (Å²) in [5.74, 6) is -0.341. The third-order valence-electron chi connectivity index (χ3n) is 4.43. The quantitative estimate of drug-likeness (QED) is 0.930. The highest BCUT2D eigenvalue weighted by Gasteiger charge is 2.39. The first-order valence-corrected chi connectivity index (χ1v) is 8.32. The molecule has 25 heavy (non-hydrogen) atoms. The van der Waals surface area contributed by atoms with Gasteiger partial charge in [0.1, 0.15) is 6.61 Å². The monoisotopic (exact) mass is 338 g/mol. The van der Waals surface area contributed by atoms with Gasteiger partial charge in [-0.15, -0.1) is 0 Å². The molecule has 0 saturated carbocycles. The molecule has 0 aliphatic carbocycles. The van der Waals surface area contributed by atoms with Gasteiger partial charge in [-0.2, -0.15) is 0 Å².